The topological polar surface area (TPSA) is 121 Å². The Bertz CT molecular complexity index is 1690. The van der Waals surface area contributed by atoms with E-state index in [-0.39, 0.29) is 23.4 Å². The van der Waals surface area contributed by atoms with Gasteiger partial charge in [0.2, 0.25) is 10.0 Å². The van der Waals surface area contributed by atoms with Crippen LogP contribution in [0.15, 0.2) is 45.1 Å². The molecule has 184 valence electrons. The monoisotopic (exact) mass is 514 g/mol. The molecule has 0 bridgehead atoms. The number of hydrogen-bond acceptors (Lipinski definition) is 7. The van der Waals surface area contributed by atoms with Crippen molar-refractivity contribution in [2.75, 3.05) is 0 Å². The summed E-state index contributed by atoms with van der Waals surface area (Å²) in [6.07, 6.45) is 4.87. The summed E-state index contributed by atoms with van der Waals surface area (Å²) < 4.78 is 33.0. The number of sulfonamides is 1. The molecule has 4 aromatic rings. The lowest BCUT2D eigenvalue weighted by molar-refractivity contribution is 0.558. The van der Waals surface area contributed by atoms with Gasteiger partial charge in [-0.05, 0) is 51.8 Å². The van der Waals surface area contributed by atoms with Gasteiger partial charge in [-0.15, -0.1) is 11.3 Å². The van der Waals surface area contributed by atoms with E-state index < -0.39 is 26.8 Å². The van der Waals surface area contributed by atoms with Crippen LogP contribution in [0.2, 0.25) is 0 Å². The van der Waals surface area contributed by atoms with Crippen molar-refractivity contribution in [3.63, 3.8) is 0 Å². The highest BCUT2D eigenvalue weighted by atomic mass is 32.2. The number of rotatable bonds is 7. The maximum absolute atomic E-state index is 13.6. The lowest BCUT2D eigenvalue weighted by Crippen LogP contribution is -2.40. The minimum absolute atomic E-state index is 0.00170. The van der Waals surface area contributed by atoms with Gasteiger partial charge in [0.1, 0.15) is 0 Å². The maximum atomic E-state index is 13.6. The van der Waals surface area contributed by atoms with Crippen LogP contribution in [0.25, 0.3) is 10.9 Å². The van der Waals surface area contributed by atoms with Crippen LogP contribution in [0.1, 0.15) is 40.9 Å². The molecule has 0 amide bonds. The largest absolute Gasteiger partial charge is 0.332 e. The molecule has 1 aromatic carbocycles. The predicted molar refractivity (Wildman–Crippen MR) is 133 cm³/mol. The molecular weight excluding hydrogens is 488 g/mol. The highest BCUT2D eigenvalue weighted by Crippen LogP contribution is 2.36. The smallest absolute Gasteiger partial charge is 0.288 e. The molecular formula is C23H26N6O4S2. The molecule has 1 fully saturated rings. The van der Waals surface area contributed by atoms with Crippen molar-refractivity contribution < 1.29 is 8.42 Å². The molecule has 0 spiro atoms. The van der Waals surface area contributed by atoms with Crippen molar-refractivity contribution in [2.24, 2.45) is 7.05 Å². The van der Waals surface area contributed by atoms with Crippen molar-refractivity contribution in [3.8, 4) is 0 Å². The summed E-state index contributed by atoms with van der Waals surface area (Å²) in [6, 6.07) is 4.35. The number of aryl methyl sites for hydroxylation is 3. The molecule has 0 aliphatic heterocycles. The van der Waals surface area contributed by atoms with E-state index in [1.807, 2.05) is 20.8 Å². The van der Waals surface area contributed by atoms with Crippen LogP contribution in [0.5, 0.6) is 0 Å². The normalized spacial score (nSPS) is 15.1. The number of fused-ring (bicyclic) bond motifs is 1. The Morgan fingerprint density at radius 1 is 1.14 bits per heavy atom. The van der Waals surface area contributed by atoms with Crippen LogP contribution in [0.3, 0.4) is 0 Å². The number of nitrogens with one attached hydrogen (secondary N) is 1. The molecule has 0 saturated heterocycles. The first kappa shape index (κ1) is 23.6. The van der Waals surface area contributed by atoms with Crippen LogP contribution in [-0.2, 0) is 30.2 Å². The van der Waals surface area contributed by atoms with Crippen LogP contribution >= 0.6 is 11.3 Å². The fourth-order valence-corrected chi connectivity index (χ4v) is 6.55. The van der Waals surface area contributed by atoms with Crippen LogP contribution in [-0.4, -0.2) is 37.9 Å². The minimum atomic E-state index is -3.82. The summed E-state index contributed by atoms with van der Waals surface area (Å²) in [4.78, 5) is 32.4. The summed E-state index contributed by atoms with van der Waals surface area (Å²) in [7, 11) is -2.07. The van der Waals surface area contributed by atoms with Gasteiger partial charge < -0.3 is 0 Å². The molecule has 1 aliphatic rings. The average Bonchev–Trinajstić information content (AvgIpc) is 3.20. The number of nitrogens with zero attached hydrogens (tertiary/aromatic N) is 5. The van der Waals surface area contributed by atoms with Crippen molar-refractivity contribution >= 4 is 32.3 Å². The van der Waals surface area contributed by atoms with E-state index in [1.165, 1.54) is 28.0 Å². The van der Waals surface area contributed by atoms with Gasteiger partial charge in [-0.1, -0.05) is 0 Å². The van der Waals surface area contributed by atoms with E-state index in [2.05, 4.69) is 14.8 Å². The van der Waals surface area contributed by atoms with Gasteiger partial charge in [-0.3, -0.25) is 18.6 Å². The quantitative estimate of drug-likeness (QED) is 0.402. The average molecular weight is 515 g/mol. The number of hydrogen-bond donors (Lipinski definition) is 1. The Balaban J connectivity index is 1.71. The summed E-state index contributed by atoms with van der Waals surface area (Å²) in [5.41, 5.74) is 0.417. The third kappa shape index (κ3) is 4.48. The maximum Gasteiger partial charge on any atom is 0.332 e. The molecule has 3 aromatic heterocycles. The molecule has 0 atom stereocenters. The van der Waals surface area contributed by atoms with Crippen LogP contribution in [0, 0.1) is 13.8 Å². The zero-order valence-electron chi connectivity index (χ0n) is 19.9. The summed E-state index contributed by atoms with van der Waals surface area (Å²) in [5.74, 6) is 0. The van der Waals surface area contributed by atoms with Crippen molar-refractivity contribution in [1.29, 1.82) is 0 Å². The SMILES string of the molecule is Cc1nc(C)c(Cn2c(=O)n(Cc3cnn(C)c3)c(=O)c3cc(S(=O)(=O)NC4(C)CC4)ccc32)s1. The lowest BCUT2D eigenvalue weighted by Gasteiger charge is -2.16. The third-order valence-electron chi connectivity index (χ3n) is 6.29. The molecule has 3 heterocycles. The van der Waals surface area contributed by atoms with E-state index >= 15 is 0 Å². The van der Waals surface area contributed by atoms with Gasteiger partial charge in [0.05, 0.1) is 45.8 Å². The second kappa shape index (κ2) is 8.25. The highest BCUT2D eigenvalue weighted by molar-refractivity contribution is 7.89. The molecule has 10 nitrogen and oxygen atoms in total. The van der Waals surface area contributed by atoms with Gasteiger partial charge in [-0.25, -0.2) is 22.9 Å². The molecule has 35 heavy (non-hydrogen) atoms. The zero-order chi connectivity index (χ0) is 25.1. The van der Waals surface area contributed by atoms with Crippen LogP contribution < -0.4 is 16.0 Å². The van der Waals surface area contributed by atoms with Gasteiger partial charge in [0.15, 0.2) is 0 Å². The Morgan fingerprint density at radius 2 is 1.89 bits per heavy atom. The van der Waals surface area contributed by atoms with E-state index in [9.17, 15) is 18.0 Å². The van der Waals surface area contributed by atoms with Crippen molar-refractivity contribution in [3.05, 3.63) is 72.6 Å². The predicted octanol–water partition coefficient (Wildman–Crippen LogP) is 1.90. The molecule has 5 rings (SSSR count). The molecule has 1 aliphatic carbocycles. The fraction of sp³-hybridized carbons (Fsp3) is 0.391. The number of aromatic nitrogens is 5. The second-order valence-corrected chi connectivity index (χ2v) is 12.3. The van der Waals surface area contributed by atoms with E-state index in [0.717, 1.165) is 33.0 Å². The highest BCUT2D eigenvalue weighted by Gasteiger charge is 2.41. The summed E-state index contributed by atoms with van der Waals surface area (Å²) in [6.45, 7) is 5.88. The number of thiazole rings is 1. The summed E-state index contributed by atoms with van der Waals surface area (Å²) in [5, 5.41) is 5.17. The third-order valence-corrected chi connectivity index (χ3v) is 8.98. The molecule has 0 unspecified atom stereocenters. The first-order chi connectivity index (χ1) is 16.5. The van der Waals surface area contributed by atoms with Gasteiger partial charge in [-0.2, -0.15) is 5.10 Å². The van der Waals surface area contributed by atoms with E-state index in [0.29, 0.717) is 11.1 Å². The van der Waals surface area contributed by atoms with Crippen molar-refractivity contribution in [2.45, 2.75) is 57.1 Å². The van der Waals surface area contributed by atoms with Gasteiger partial charge in [0.25, 0.3) is 5.56 Å². The van der Waals surface area contributed by atoms with Gasteiger partial charge >= 0.3 is 5.69 Å². The molecule has 12 heteroatoms. The molecule has 1 saturated carbocycles. The van der Waals surface area contributed by atoms with Crippen LogP contribution in [0.4, 0.5) is 0 Å². The second-order valence-electron chi connectivity index (χ2n) is 9.37. The van der Waals surface area contributed by atoms with Gasteiger partial charge in [0, 0.05) is 29.2 Å². The minimum Gasteiger partial charge on any atom is -0.288 e. The molecule has 1 N–H and O–H groups in total. The molecule has 0 radical (unpaired) electrons. The Hall–Kier alpha value is -3.09. The van der Waals surface area contributed by atoms with E-state index in [4.69, 9.17) is 0 Å². The zero-order valence-corrected chi connectivity index (χ0v) is 21.5. The summed E-state index contributed by atoms with van der Waals surface area (Å²) >= 11 is 1.49. The fourth-order valence-electron chi connectivity index (χ4n) is 4.13. The van der Waals surface area contributed by atoms with E-state index in [1.54, 1.807) is 30.2 Å². The Labute approximate surface area is 205 Å². The Morgan fingerprint density at radius 3 is 2.49 bits per heavy atom. The standard InChI is InChI=1S/C23H26N6O4S2/c1-14-20(34-15(2)25-14)13-28-19-6-5-17(35(32,33)26-23(3)7-8-23)9-18(19)21(30)29(22(28)31)12-16-10-24-27(4)11-16/h5-6,9-11,26H,7-8,12-13H2,1-4H3. The Kier molecular flexibility index (Phi) is 5.57. The number of benzene rings is 1. The van der Waals surface area contributed by atoms with Crippen molar-refractivity contribution in [1.82, 2.24) is 28.6 Å². The lowest BCUT2D eigenvalue weighted by atomic mass is 10.2. The first-order valence-electron chi connectivity index (χ1n) is 11.2. The first-order valence-corrected chi connectivity index (χ1v) is 13.5.